The Morgan fingerprint density at radius 2 is 2.31 bits per heavy atom. The number of ether oxygens (including phenoxy) is 1. The Labute approximate surface area is 79.2 Å². The number of amidine groups is 1. The number of hydrogen-bond acceptors (Lipinski definition) is 3. The van der Waals surface area contributed by atoms with Crippen LogP contribution in [-0.4, -0.2) is 32.3 Å². The molecule has 0 aromatic carbocycles. The van der Waals surface area contributed by atoms with Crippen molar-refractivity contribution >= 4 is 12.6 Å². The zero-order valence-electron chi connectivity index (χ0n) is 8.45. The molecular formula is C9H17N3O. The van der Waals surface area contributed by atoms with Gasteiger partial charge in [0.1, 0.15) is 0 Å². The normalized spacial score (nSPS) is 15.6. The van der Waals surface area contributed by atoms with Crippen molar-refractivity contribution in [3.63, 3.8) is 0 Å². The third kappa shape index (κ3) is 4.42. The molecule has 0 amide bonds. The molecule has 0 aliphatic carbocycles. The highest BCUT2D eigenvalue weighted by Crippen LogP contribution is 2.00. The van der Waals surface area contributed by atoms with Crippen molar-refractivity contribution in [2.24, 2.45) is 15.7 Å². The van der Waals surface area contributed by atoms with E-state index in [1.54, 1.807) is 7.11 Å². The standard InChI is InChI=1S/C9H17N3O/c1-7(5-10)9(11-3)12-8(2)6-13-4/h5,8H,3,6,10H2,1-2,4H3. The van der Waals surface area contributed by atoms with Gasteiger partial charge in [0.25, 0.3) is 0 Å². The molecule has 0 bridgehead atoms. The van der Waals surface area contributed by atoms with E-state index >= 15 is 0 Å². The predicted molar refractivity (Wildman–Crippen MR) is 56.3 cm³/mol. The van der Waals surface area contributed by atoms with Gasteiger partial charge in [-0.2, -0.15) is 0 Å². The lowest BCUT2D eigenvalue weighted by Crippen LogP contribution is -2.11. The number of nitrogens with zero attached hydrogens (tertiary/aromatic N) is 2. The summed E-state index contributed by atoms with van der Waals surface area (Å²) >= 11 is 0. The number of methoxy groups -OCH3 is 1. The van der Waals surface area contributed by atoms with Gasteiger partial charge in [0.2, 0.25) is 0 Å². The van der Waals surface area contributed by atoms with Gasteiger partial charge in [-0.25, -0.2) is 4.99 Å². The summed E-state index contributed by atoms with van der Waals surface area (Å²) < 4.78 is 4.94. The van der Waals surface area contributed by atoms with Gasteiger partial charge in [-0.05, 0) is 20.6 Å². The monoisotopic (exact) mass is 183 g/mol. The Hall–Kier alpha value is -1.16. The van der Waals surface area contributed by atoms with Crippen molar-refractivity contribution in [1.29, 1.82) is 0 Å². The molecule has 74 valence electrons. The molecule has 13 heavy (non-hydrogen) atoms. The smallest absolute Gasteiger partial charge is 0.151 e. The van der Waals surface area contributed by atoms with Crippen LogP contribution in [0.5, 0.6) is 0 Å². The maximum Gasteiger partial charge on any atom is 0.151 e. The van der Waals surface area contributed by atoms with E-state index in [0.29, 0.717) is 12.4 Å². The molecule has 1 atom stereocenters. The first-order chi connectivity index (χ1) is 6.15. The molecule has 0 aromatic heterocycles. The second-order valence-electron chi connectivity index (χ2n) is 2.76. The Morgan fingerprint density at radius 1 is 1.69 bits per heavy atom. The zero-order valence-corrected chi connectivity index (χ0v) is 8.45. The fraction of sp³-hybridized carbons (Fsp3) is 0.556. The van der Waals surface area contributed by atoms with Crippen LogP contribution in [0, 0.1) is 0 Å². The van der Waals surface area contributed by atoms with Gasteiger partial charge in [0.05, 0.1) is 12.6 Å². The minimum Gasteiger partial charge on any atom is -0.404 e. The molecule has 0 radical (unpaired) electrons. The van der Waals surface area contributed by atoms with E-state index in [0.717, 1.165) is 5.57 Å². The van der Waals surface area contributed by atoms with E-state index in [1.165, 1.54) is 6.20 Å². The highest BCUT2D eigenvalue weighted by molar-refractivity contribution is 6.00. The predicted octanol–water partition coefficient (Wildman–Crippen LogP) is 0.983. The summed E-state index contributed by atoms with van der Waals surface area (Å²) in [6, 6.07) is 0.0698. The molecule has 4 nitrogen and oxygen atoms in total. The van der Waals surface area contributed by atoms with Crippen molar-refractivity contribution in [2.45, 2.75) is 19.9 Å². The Morgan fingerprint density at radius 3 is 2.69 bits per heavy atom. The maximum atomic E-state index is 5.34. The number of rotatable bonds is 4. The SMILES string of the molecule is C=NC(=NC(C)COC)C(C)=CN. The highest BCUT2D eigenvalue weighted by atomic mass is 16.5. The topological polar surface area (TPSA) is 60.0 Å². The minimum absolute atomic E-state index is 0.0698. The molecule has 0 saturated carbocycles. The Bertz CT molecular complexity index is 221. The van der Waals surface area contributed by atoms with Crippen molar-refractivity contribution in [3.05, 3.63) is 11.8 Å². The van der Waals surface area contributed by atoms with Gasteiger partial charge >= 0.3 is 0 Å². The third-order valence-corrected chi connectivity index (χ3v) is 1.50. The molecule has 0 fully saturated rings. The van der Waals surface area contributed by atoms with E-state index in [2.05, 4.69) is 16.7 Å². The molecule has 0 aliphatic rings. The largest absolute Gasteiger partial charge is 0.404 e. The first-order valence-electron chi connectivity index (χ1n) is 4.08. The molecular weight excluding hydrogens is 166 g/mol. The van der Waals surface area contributed by atoms with Gasteiger partial charge in [-0.3, -0.25) is 4.99 Å². The van der Waals surface area contributed by atoms with Gasteiger partial charge in [0, 0.05) is 18.9 Å². The second-order valence-corrected chi connectivity index (χ2v) is 2.76. The second kappa shape index (κ2) is 6.37. The van der Waals surface area contributed by atoms with E-state index < -0.39 is 0 Å². The summed E-state index contributed by atoms with van der Waals surface area (Å²) in [7, 11) is 1.64. The fourth-order valence-corrected chi connectivity index (χ4v) is 0.829. The van der Waals surface area contributed by atoms with Gasteiger partial charge in [-0.1, -0.05) is 0 Å². The van der Waals surface area contributed by atoms with Crippen molar-refractivity contribution in [1.82, 2.24) is 0 Å². The molecule has 0 saturated heterocycles. The quantitative estimate of drug-likeness (QED) is 0.521. The van der Waals surface area contributed by atoms with Crippen molar-refractivity contribution in [2.75, 3.05) is 13.7 Å². The Balaban J connectivity index is 4.46. The number of hydrogen-bond donors (Lipinski definition) is 1. The number of aliphatic imine (C=N–C) groups is 2. The van der Waals surface area contributed by atoms with Crippen LogP contribution in [0.3, 0.4) is 0 Å². The maximum absolute atomic E-state index is 5.34. The summed E-state index contributed by atoms with van der Waals surface area (Å²) in [5.74, 6) is 0.576. The minimum atomic E-state index is 0.0698. The van der Waals surface area contributed by atoms with Gasteiger partial charge in [-0.15, -0.1) is 0 Å². The van der Waals surface area contributed by atoms with Gasteiger partial charge < -0.3 is 10.5 Å². The van der Waals surface area contributed by atoms with E-state index in [9.17, 15) is 0 Å². The first-order valence-corrected chi connectivity index (χ1v) is 4.08. The summed E-state index contributed by atoms with van der Waals surface area (Å²) in [5, 5.41) is 0. The highest BCUT2D eigenvalue weighted by Gasteiger charge is 2.02. The van der Waals surface area contributed by atoms with Crippen LogP contribution in [0.1, 0.15) is 13.8 Å². The number of nitrogens with two attached hydrogens (primary N) is 1. The first kappa shape index (κ1) is 11.8. The van der Waals surface area contributed by atoms with Crippen molar-refractivity contribution < 1.29 is 4.74 Å². The van der Waals surface area contributed by atoms with Crippen LogP contribution < -0.4 is 5.73 Å². The molecule has 2 N–H and O–H groups in total. The molecule has 4 heteroatoms. The average molecular weight is 183 g/mol. The molecule has 0 rings (SSSR count). The molecule has 1 unspecified atom stereocenters. The van der Waals surface area contributed by atoms with Crippen LogP contribution in [-0.2, 0) is 4.74 Å². The lowest BCUT2D eigenvalue weighted by atomic mass is 10.3. The van der Waals surface area contributed by atoms with E-state index in [-0.39, 0.29) is 6.04 Å². The lowest BCUT2D eigenvalue weighted by Gasteiger charge is -2.06. The van der Waals surface area contributed by atoms with E-state index in [1.807, 2.05) is 13.8 Å². The van der Waals surface area contributed by atoms with Crippen LogP contribution >= 0.6 is 0 Å². The third-order valence-electron chi connectivity index (χ3n) is 1.50. The van der Waals surface area contributed by atoms with Crippen LogP contribution in [0.25, 0.3) is 0 Å². The lowest BCUT2D eigenvalue weighted by molar-refractivity contribution is 0.186. The van der Waals surface area contributed by atoms with Gasteiger partial charge in [0.15, 0.2) is 5.84 Å². The summed E-state index contributed by atoms with van der Waals surface area (Å²) in [6.45, 7) is 7.77. The molecule has 0 heterocycles. The van der Waals surface area contributed by atoms with E-state index in [4.69, 9.17) is 10.5 Å². The molecule has 0 spiro atoms. The zero-order chi connectivity index (χ0) is 10.3. The fourth-order valence-electron chi connectivity index (χ4n) is 0.829. The van der Waals surface area contributed by atoms with Crippen LogP contribution in [0.4, 0.5) is 0 Å². The van der Waals surface area contributed by atoms with Crippen LogP contribution in [0.15, 0.2) is 21.8 Å². The Kier molecular flexibility index (Phi) is 5.80. The van der Waals surface area contributed by atoms with Crippen molar-refractivity contribution in [3.8, 4) is 0 Å². The molecule has 0 aliphatic heterocycles. The van der Waals surface area contributed by atoms with Crippen LogP contribution in [0.2, 0.25) is 0 Å². The summed E-state index contributed by atoms with van der Waals surface area (Å²) in [6.07, 6.45) is 1.47. The average Bonchev–Trinajstić information content (AvgIpc) is 2.13. The molecule has 0 aromatic rings. The summed E-state index contributed by atoms with van der Waals surface area (Å²) in [5.41, 5.74) is 6.15. The summed E-state index contributed by atoms with van der Waals surface area (Å²) in [4.78, 5) is 8.05.